The first-order valence-electron chi connectivity index (χ1n) is 9.11. The van der Waals surface area contributed by atoms with Gasteiger partial charge >= 0.3 is 0 Å². The zero-order valence-electron chi connectivity index (χ0n) is 16.3. The van der Waals surface area contributed by atoms with E-state index in [1.165, 1.54) is 12.1 Å². The van der Waals surface area contributed by atoms with E-state index < -0.39 is 36.6 Å². The van der Waals surface area contributed by atoms with E-state index in [2.05, 4.69) is 5.10 Å². The molecule has 0 bridgehead atoms. The van der Waals surface area contributed by atoms with Gasteiger partial charge in [-0.05, 0) is 54.8 Å². The van der Waals surface area contributed by atoms with Crippen LogP contribution in [0, 0.1) is 13.8 Å². The zero-order valence-corrected chi connectivity index (χ0v) is 16.3. The maximum atomic E-state index is 13.3. The minimum atomic E-state index is -3.47. The number of hydrogen-bond acceptors (Lipinski definition) is 4. The molecule has 0 aromatic heterocycles. The minimum absolute atomic E-state index is 0.0414. The lowest BCUT2D eigenvalue weighted by atomic mass is 10.1. The van der Waals surface area contributed by atoms with Crippen molar-refractivity contribution < 1.29 is 32.2 Å². The number of amides is 1. The second kappa shape index (κ2) is 8.43. The maximum Gasteiger partial charge on any atom is 0.287 e. The van der Waals surface area contributed by atoms with E-state index in [4.69, 9.17) is 4.74 Å². The molecule has 160 valence electrons. The first-order valence-corrected chi connectivity index (χ1v) is 9.11. The number of rotatable bonds is 6. The van der Waals surface area contributed by atoms with Crippen LogP contribution in [-0.2, 0) is 6.61 Å². The van der Waals surface area contributed by atoms with Crippen molar-refractivity contribution in [2.24, 2.45) is 5.10 Å². The lowest BCUT2D eigenvalue weighted by molar-refractivity contribution is -0.164. The van der Waals surface area contributed by atoms with Gasteiger partial charge in [-0.15, -0.1) is 0 Å². The average molecular weight is 424 g/mol. The van der Waals surface area contributed by atoms with Gasteiger partial charge in [-0.3, -0.25) is 4.79 Å². The van der Waals surface area contributed by atoms with Crippen LogP contribution in [0.3, 0.4) is 0 Å². The van der Waals surface area contributed by atoms with E-state index in [9.17, 15) is 27.5 Å². The highest BCUT2D eigenvalue weighted by atomic mass is 19.3. The molecule has 1 aliphatic rings. The predicted octanol–water partition coefficient (Wildman–Crippen LogP) is 4.30. The largest absolute Gasteiger partial charge is 0.489 e. The average Bonchev–Trinajstić information content (AvgIpc) is 3.08. The number of benzene rings is 2. The molecule has 2 aromatic rings. The molecule has 0 radical (unpaired) electrons. The molecule has 2 aromatic carbocycles. The fourth-order valence-corrected chi connectivity index (χ4v) is 2.94. The SMILES string of the molecule is Cc1ccc(OCc2ccc(C(=O)N3N=C(C(F)F)C[C@]3(O)C(F)F)cc2)cc1C. The molecule has 0 fully saturated rings. The van der Waals surface area contributed by atoms with Gasteiger partial charge in [0, 0.05) is 12.0 Å². The number of carbonyl (C=O) groups excluding carboxylic acids is 1. The van der Waals surface area contributed by atoms with E-state index in [1.807, 2.05) is 32.0 Å². The molecule has 1 aliphatic heterocycles. The van der Waals surface area contributed by atoms with Crippen LogP contribution in [0.1, 0.15) is 33.5 Å². The second-order valence-corrected chi connectivity index (χ2v) is 7.10. The third kappa shape index (κ3) is 4.30. The fraction of sp³-hybridized carbons (Fsp3) is 0.333. The first kappa shape index (κ1) is 21.8. The Morgan fingerprint density at radius 2 is 1.80 bits per heavy atom. The zero-order chi connectivity index (χ0) is 22.1. The van der Waals surface area contributed by atoms with Gasteiger partial charge in [0.15, 0.2) is 0 Å². The smallest absolute Gasteiger partial charge is 0.287 e. The summed E-state index contributed by atoms with van der Waals surface area (Å²) in [4.78, 5) is 12.5. The molecule has 1 amide bonds. The summed E-state index contributed by atoms with van der Waals surface area (Å²) in [7, 11) is 0. The van der Waals surface area contributed by atoms with Gasteiger partial charge in [0.1, 0.15) is 18.1 Å². The lowest BCUT2D eigenvalue weighted by Gasteiger charge is -2.30. The molecule has 0 saturated carbocycles. The van der Waals surface area contributed by atoms with Crippen LogP contribution in [0.2, 0.25) is 0 Å². The third-order valence-electron chi connectivity index (χ3n) is 4.92. The number of hydrazone groups is 1. The van der Waals surface area contributed by atoms with E-state index in [0.717, 1.165) is 11.1 Å². The Labute approximate surface area is 170 Å². The fourth-order valence-electron chi connectivity index (χ4n) is 2.94. The summed E-state index contributed by atoms with van der Waals surface area (Å²) < 4.78 is 58.0. The van der Waals surface area contributed by atoms with Crippen molar-refractivity contribution in [2.45, 2.75) is 45.5 Å². The van der Waals surface area contributed by atoms with Crippen LogP contribution < -0.4 is 4.74 Å². The van der Waals surface area contributed by atoms with Gasteiger partial charge in [-0.2, -0.15) is 10.1 Å². The third-order valence-corrected chi connectivity index (χ3v) is 4.92. The molecule has 1 N–H and O–H groups in total. The predicted molar refractivity (Wildman–Crippen MR) is 102 cm³/mol. The number of hydrogen-bond donors (Lipinski definition) is 1. The molecular formula is C21H20F4N2O3. The Kier molecular flexibility index (Phi) is 6.12. The quantitative estimate of drug-likeness (QED) is 0.704. The monoisotopic (exact) mass is 424 g/mol. The van der Waals surface area contributed by atoms with Gasteiger partial charge in [-0.25, -0.2) is 17.6 Å². The van der Waals surface area contributed by atoms with Gasteiger partial charge in [-0.1, -0.05) is 18.2 Å². The number of alkyl halides is 4. The molecule has 1 heterocycles. The molecule has 0 saturated heterocycles. The minimum Gasteiger partial charge on any atom is -0.489 e. The number of halogens is 4. The van der Waals surface area contributed by atoms with Crippen LogP contribution in [0.25, 0.3) is 0 Å². The molecule has 3 rings (SSSR count). The van der Waals surface area contributed by atoms with Crippen molar-refractivity contribution in [3.8, 4) is 5.75 Å². The lowest BCUT2D eigenvalue weighted by Crippen LogP contribution is -2.51. The Balaban J connectivity index is 1.73. The molecule has 5 nitrogen and oxygen atoms in total. The van der Waals surface area contributed by atoms with Crippen LogP contribution >= 0.6 is 0 Å². The summed E-state index contributed by atoms with van der Waals surface area (Å²) in [5, 5.41) is 13.4. The summed E-state index contributed by atoms with van der Waals surface area (Å²) in [5.41, 5.74) is -1.24. The molecular weight excluding hydrogens is 404 g/mol. The van der Waals surface area contributed by atoms with E-state index >= 15 is 0 Å². The van der Waals surface area contributed by atoms with Crippen LogP contribution in [0.4, 0.5) is 17.6 Å². The highest BCUT2D eigenvalue weighted by molar-refractivity contribution is 5.99. The second-order valence-electron chi connectivity index (χ2n) is 7.10. The molecule has 0 spiro atoms. The summed E-state index contributed by atoms with van der Waals surface area (Å²) in [6.07, 6.45) is -7.74. The molecule has 30 heavy (non-hydrogen) atoms. The summed E-state index contributed by atoms with van der Waals surface area (Å²) in [6, 6.07) is 11.4. The number of carbonyl (C=O) groups is 1. The van der Waals surface area contributed by atoms with Crippen molar-refractivity contribution in [3.63, 3.8) is 0 Å². The summed E-state index contributed by atoms with van der Waals surface area (Å²) in [5.74, 6) is -0.429. The maximum absolute atomic E-state index is 13.3. The summed E-state index contributed by atoms with van der Waals surface area (Å²) >= 11 is 0. The van der Waals surface area contributed by atoms with Crippen molar-refractivity contribution >= 4 is 11.6 Å². The van der Waals surface area contributed by atoms with Gasteiger partial charge in [0.25, 0.3) is 18.8 Å². The van der Waals surface area contributed by atoms with Crippen LogP contribution in [0.15, 0.2) is 47.6 Å². The van der Waals surface area contributed by atoms with Crippen molar-refractivity contribution in [2.75, 3.05) is 0 Å². The van der Waals surface area contributed by atoms with Crippen molar-refractivity contribution in [1.82, 2.24) is 5.01 Å². The highest BCUT2D eigenvalue weighted by Gasteiger charge is 2.53. The van der Waals surface area contributed by atoms with E-state index in [0.29, 0.717) is 11.3 Å². The first-order chi connectivity index (χ1) is 14.1. The Bertz CT molecular complexity index is 963. The van der Waals surface area contributed by atoms with E-state index in [-0.39, 0.29) is 17.2 Å². The number of aliphatic hydroxyl groups is 1. The Morgan fingerprint density at radius 3 is 2.37 bits per heavy atom. The van der Waals surface area contributed by atoms with Crippen molar-refractivity contribution in [1.29, 1.82) is 0 Å². The standard InChI is InChI=1S/C21H20F4N2O3/c1-12-3-8-16(9-13(12)2)30-11-14-4-6-15(7-5-14)19(28)27-21(29,20(24)25)10-17(26-27)18(22)23/h3-9,18,20,29H,10-11H2,1-2H3/t21-/m0/s1. The number of nitrogens with zero attached hydrogens (tertiary/aromatic N) is 2. The van der Waals surface area contributed by atoms with Crippen LogP contribution in [-0.4, -0.2) is 40.3 Å². The van der Waals surface area contributed by atoms with Gasteiger partial charge in [0.05, 0.1) is 0 Å². The van der Waals surface area contributed by atoms with Crippen LogP contribution in [0.5, 0.6) is 5.75 Å². The summed E-state index contributed by atoms with van der Waals surface area (Å²) in [6.45, 7) is 4.15. The molecule has 9 heteroatoms. The molecule has 0 unspecified atom stereocenters. The number of aryl methyl sites for hydroxylation is 2. The van der Waals surface area contributed by atoms with Gasteiger partial charge in [0.2, 0.25) is 5.72 Å². The highest BCUT2D eigenvalue weighted by Crippen LogP contribution is 2.34. The van der Waals surface area contributed by atoms with Crippen molar-refractivity contribution in [3.05, 3.63) is 64.7 Å². The molecule has 1 atom stereocenters. The topological polar surface area (TPSA) is 62.1 Å². The van der Waals surface area contributed by atoms with Gasteiger partial charge < -0.3 is 9.84 Å². The number of ether oxygens (including phenoxy) is 1. The molecule has 0 aliphatic carbocycles. The Morgan fingerprint density at radius 1 is 1.13 bits per heavy atom. The normalized spacial score (nSPS) is 18.8. The van der Waals surface area contributed by atoms with E-state index in [1.54, 1.807) is 12.1 Å². The Hall–Kier alpha value is -2.94.